The Labute approximate surface area is 201 Å². The molecule has 2 amide bonds. The smallest absolute Gasteiger partial charge is 0.268 e. The molecule has 0 bridgehead atoms. The average Bonchev–Trinajstić information content (AvgIpc) is 3.51. The van der Waals surface area contributed by atoms with Crippen LogP contribution in [0.4, 0.5) is 5.69 Å². The van der Waals surface area contributed by atoms with Crippen LogP contribution in [0.15, 0.2) is 42.6 Å². The van der Waals surface area contributed by atoms with Gasteiger partial charge in [-0.1, -0.05) is 6.07 Å². The van der Waals surface area contributed by atoms with Gasteiger partial charge in [0.25, 0.3) is 5.91 Å². The monoisotopic (exact) mass is 478 g/mol. The number of aromatic nitrogens is 2. The second-order valence-corrected chi connectivity index (χ2v) is 9.65. The Morgan fingerprint density at radius 2 is 2.18 bits per heavy atom. The minimum atomic E-state index is -0.666. The fraction of sp³-hybridized carbons (Fsp3) is 0.360. The Morgan fingerprint density at radius 1 is 1.29 bits per heavy atom. The lowest BCUT2D eigenvalue weighted by molar-refractivity contribution is -0.128. The zero-order chi connectivity index (χ0) is 23.7. The highest BCUT2D eigenvalue weighted by atomic mass is 32.1. The molecule has 1 aromatic carbocycles. The molecule has 8 nitrogen and oxygen atoms in total. The third kappa shape index (κ3) is 4.53. The van der Waals surface area contributed by atoms with Crippen LogP contribution in [0.3, 0.4) is 0 Å². The van der Waals surface area contributed by atoms with Crippen molar-refractivity contribution >= 4 is 28.8 Å². The molecule has 0 saturated carbocycles. The van der Waals surface area contributed by atoms with E-state index in [0.29, 0.717) is 18.0 Å². The molecule has 1 N–H and O–H groups in total. The summed E-state index contributed by atoms with van der Waals surface area (Å²) >= 11 is 1.57. The van der Waals surface area contributed by atoms with Crippen LogP contribution in [0.25, 0.3) is 22.0 Å². The van der Waals surface area contributed by atoms with Crippen molar-refractivity contribution < 1.29 is 19.1 Å². The molecule has 9 heteroatoms. The molecule has 2 atom stereocenters. The highest BCUT2D eigenvalue weighted by molar-refractivity contribution is 7.15. The Morgan fingerprint density at radius 3 is 2.94 bits per heavy atom. The van der Waals surface area contributed by atoms with Crippen LogP contribution >= 0.6 is 11.3 Å². The van der Waals surface area contributed by atoms with E-state index in [4.69, 9.17) is 14.5 Å². The van der Waals surface area contributed by atoms with Gasteiger partial charge in [-0.25, -0.2) is 4.98 Å². The highest BCUT2D eigenvalue weighted by Gasteiger charge is 2.33. The number of nitrogens with one attached hydrogen (secondary N) is 1. The molecule has 1 saturated heterocycles. The first kappa shape index (κ1) is 22.5. The van der Waals surface area contributed by atoms with Crippen molar-refractivity contribution in [1.82, 2.24) is 15.3 Å². The third-order valence-electron chi connectivity index (χ3n) is 5.97. The van der Waals surface area contributed by atoms with E-state index in [1.54, 1.807) is 24.5 Å². The Balaban J connectivity index is 1.41. The van der Waals surface area contributed by atoms with Crippen LogP contribution < -0.4 is 15.0 Å². The van der Waals surface area contributed by atoms with E-state index in [-0.39, 0.29) is 24.5 Å². The van der Waals surface area contributed by atoms with Gasteiger partial charge < -0.3 is 14.8 Å². The number of fused-ring (bicyclic) bond motifs is 1. The summed E-state index contributed by atoms with van der Waals surface area (Å²) in [6, 6.07) is 11.4. The normalized spacial score (nSPS) is 19.6. The average molecular weight is 479 g/mol. The molecule has 0 spiro atoms. The number of anilines is 1. The van der Waals surface area contributed by atoms with E-state index in [2.05, 4.69) is 10.3 Å². The molecule has 2 unspecified atom stereocenters. The Kier molecular flexibility index (Phi) is 6.30. The van der Waals surface area contributed by atoms with Crippen molar-refractivity contribution in [1.29, 1.82) is 0 Å². The van der Waals surface area contributed by atoms with Gasteiger partial charge in [-0.05, 0) is 57.0 Å². The van der Waals surface area contributed by atoms with Crippen molar-refractivity contribution in [2.24, 2.45) is 0 Å². The summed E-state index contributed by atoms with van der Waals surface area (Å²) in [5.41, 5.74) is 3.06. The molecule has 0 aliphatic carbocycles. The first-order chi connectivity index (χ1) is 16.5. The lowest BCUT2D eigenvalue weighted by Gasteiger charge is -2.33. The van der Waals surface area contributed by atoms with E-state index < -0.39 is 6.10 Å². The van der Waals surface area contributed by atoms with E-state index in [9.17, 15) is 9.59 Å². The number of benzene rings is 1. The van der Waals surface area contributed by atoms with E-state index in [0.717, 1.165) is 46.3 Å². The third-order valence-corrected chi connectivity index (χ3v) is 6.97. The number of carbonyl (C=O) groups excluding carboxylic acids is 2. The van der Waals surface area contributed by atoms with E-state index >= 15 is 0 Å². The number of amides is 2. The van der Waals surface area contributed by atoms with E-state index in [1.165, 1.54) is 4.90 Å². The molecule has 2 aliphatic rings. The highest BCUT2D eigenvalue weighted by Crippen LogP contribution is 2.39. The van der Waals surface area contributed by atoms with Crippen molar-refractivity contribution in [2.45, 2.75) is 38.9 Å². The van der Waals surface area contributed by atoms with Crippen LogP contribution in [-0.4, -0.2) is 53.7 Å². The minimum absolute atomic E-state index is 0.0445. The van der Waals surface area contributed by atoms with Crippen molar-refractivity contribution in [3.63, 3.8) is 0 Å². The zero-order valence-corrected chi connectivity index (χ0v) is 19.9. The summed E-state index contributed by atoms with van der Waals surface area (Å²) in [6.45, 7) is 4.81. The summed E-state index contributed by atoms with van der Waals surface area (Å²) in [5, 5.41) is 3.73. The van der Waals surface area contributed by atoms with Gasteiger partial charge >= 0.3 is 0 Å². The van der Waals surface area contributed by atoms with Crippen LogP contribution in [0, 0.1) is 6.92 Å². The number of hydrogen-bond donors (Lipinski definition) is 1. The molecule has 176 valence electrons. The van der Waals surface area contributed by atoms with Crippen molar-refractivity contribution in [3.05, 3.63) is 47.5 Å². The SMILES string of the molecule is Cc1sc(-c2ccccn2)nc1-c1ccc2c(c1)N(CC(=O)NCC1CCCO1)C(=O)C(C)O2. The molecule has 2 aromatic heterocycles. The lowest BCUT2D eigenvalue weighted by atomic mass is 10.1. The summed E-state index contributed by atoms with van der Waals surface area (Å²) < 4.78 is 11.4. The van der Waals surface area contributed by atoms with Gasteiger partial charge in [-0.2, -0.15) is 0 Å². The summed E-state index contributed by atoms with van der Waals surface area (Å²) in [5.74, 6) is 0.0956. The van der Waals surface area contributed by atoms with Crippen LogP contribution in [0.1, 0.15) is 24.6 Å². The predicted molar refractivity (Wildman–Crippen MR) is 130 cm³/mol. The van der Waals surface area contributed by atoms with Crippen molar-refractivity contribution in [2.75, 3.05) is 24.6 Å². The van der Waals surface area contributed by atoms with Gasteiger partial charge in [0.1, 0.15) is 17.3 Å². The molecule has 34 heavy (non-hydrogen) atoms. The van der Waals surface area contributed by atoms with Crippen LogP contribution in [-0.2, 0) is 14.3 Å². The number of ether oxygens (including phenoxy) is 2. The summed E-state index contributed by atoms with van der Waals surface area (Å²) in [6.07, 6.45) is 3.07. The summed E-state index contributed by atoms with van der Waals surface area (Å²) in [4.78, 5) is 37.4. The largest absolute Gasteiger partial charge is 0.479 e. The van der Waals surface area contributed by atoms with Gasteiger partial charge in [0, 0.05) is 29.8 Å². The standard InChI is InChI=1S/C25H26N4O4S/c1-15-25(31)29(14-22(30)27-13-18-6-5-11-32-18)20-12-17(8-9-21(20)33-15)23-16(2)34-24(28-23)19-7-3-4-10-26-19/h3-4,7-10,12,15,18H,5-6,11,13-14H2,1-2H3,(H,27,30). The molecule has 4 heterocycles. The molecule has 1 fully saturated rings. The first-order valence-corrected chi connectivity index (χ1v) is 12.2. The Bertz CT molecular complexity index is 1210. The molecule has 0 radical (unpaired) electrons. The van der Waals surface area contributed by atoms with Crippen molar-refractivity contribution in [3.8, 4) is 27.7 Å². The second-order valence-electron chi connectivity index (χ2n) is 8.44. The molecule has 2 aliphatic heterocycles. The molecular formula is C25H26N4O4S. The Hall–Kier alpha value is -3.30. The van der Waals surface area contributed by atoms with E-state index in [1.807, 2.05) is 43.3 Å². The molecule has 5 rings (SSSR count). The van der Waals surface area contributed by atoms with Crippen LogP contribution in [0.2, 0.25) is 0 Å². The number of hydrogen-bond acceptors (Lipinski definition) is 7. The number of thiazole rings is 1. The van der Waals surface area contributed by atoms with Crippen LogP contribution in [0.5, 0.6) is 5.75 Å². The summed E-state index contributed by atoms with van der Waals surface area (Å²) in [7, 11) is 0. The van der Waals surface area contributed by atoms with Gasteiger partial charge in [0.05, 0.1) is 23.2 Å². The first-order valence-electron chi connectivity index (χ1n) is 11.4. The number of rotatable bonds is 6. The fourth-order valence-corrected chi connectivity index (χ4v) is 5.13. The lowest BCUT2D eigenvalue weighted by Crippen LogP contribution is -2.49. The quantitative estimate of drug-likeness (QED) is 0.582. The fourth-order valence-electron chi connectivity index (χ4n) is 4.21. The molecule has 3 aromatic rings. The number of nitrogens with zero attached hydrogens (tertiary/aromatic N) is 3. The van der Waals surface area contributed by atoms with Gasteiger partial charge in [0.15, 0.2) is 6.10 Å². The predicted octanol–water partition coefficient (Wildman–Crippen LogP) is 3.59. The molecular weight excluding hydrogens is 452 g/mol. The number of carbonyl (C=O) groups is 2. The maximum atomic E-state index is 13.0. The maximum absolute atomic E-state index is 13.0. The van der Waals surface area contributed by atoms with Gasteiger partial charge in [-0.3, -0.25) is 19.5 Å². The zero-order valence-electron chi connectivity index (χ0n) is 19.1. The number of aryl methyl sites for hydroxylation is 1. The second kappa shape index (κ2) is 9.52. The maximum Gasteiger partial charge on any atom is 0.268 e. The topological polar surface area (TPSA) is 93.7 Å². The minimum Gasteiger partial charge on any atom is -0.479 e. The van der Waals surface area contributed by atoms with Gasteiger partial charge in [0.2, 0.25) is 5.91 Å². The number of pyridine rings is 1. The van der Waals surface area contributed by atoms with Gasteiger partial charge in [-0.15, -0.1) is 11.3 Å².